The number of rotatable bonds is 4. The molecule has 0 radical (unpaired) electrons. The minimum Gasteiger partial charge on any atom is -0.618 e. The SMILES string of the molecule is C[C@H](Sc1cccc[n+]1[O-])C(=O)N[C@@H]1CCCc2ccccc21. The Balaban J connectivity index is 1.67. The number of thioether (sulfide) groups is 1. The van der Waals surface area contributed by atoms with Crippen LogP contribution in [0.3, 0.4) is 0 Å². The van der Waals surface area contributed by atoms with Crippen LogP contribution in [0.4, 0.5) is 0 Å². The number of amides is 1. The van der Waals surface area contributed by atoms with E-state index in [4.69, 9.17) is 0 Å². The third-order valence-corrected chi connectivity index (χ3v) is 5.27. The van der Waals surface area contributed by atoms with E-state index in [2.05, 4.69) is 17.4 Å². The Bertz CT molecular complexity index is 705. The first-order valence-corrected chi connectivity index (χ1v) is 8.76. The molecule has 1 N–H and O–H groups in total. The van der Waals surface area contributed by atoms with Crippen molar-refractivity contribution in [1.82, 2.24) is 5.32 Å². The van der Waals surface area contributed by atoms with Crippen LogP contribution in [0.2, 0.25) is 0 Å². The van der Waals surface area contributed by atoms with Crippen LogP contribution in [0.25, 0.3) is 0 Å². The molecular weight excluding hydrogens is 308 g/mol. The number of benzene rings is 1. The predicted molar refractivity (Wildman–Crippen MR) is 91.0 cm³/mol. The predicted octanol–water partition coefficient (Wildman–Crippen LogP) is 2.99. The van der Waals surface area contributed by atoms with E-state index in [1.54, 1.807) is 18.2 Å². The molecule has 4 nitrogen and oxygen atoms in total. The zero-order valence-corrected chi connectivity index (χ0v) is 13.9. The number of pyridine rings is 1. The van der Waals surface area contributed by atoms with Gasteiger partial charge in [-0.15, -0.1) is 0 Å². The van der Waals surface area contributed by atoms with Gasteiger partial charge >= 0.3 is 0 Å². The summed E-state index contributed by atoms with van der Waals surface area (Å²) in [5.74, 6) is -0.0273. The molecule has 1 aliphatic rings. The molecule has 0 bridgehead atoms. The largest absolute Gasteiger partial charge is 0.618 e. The number of nitrogens with one attached hydrogen (secondary N) is 1. The Hall–Kier alpha value is -2.01. The van der Waals surface area contributed by atoms with Crippen LogP contribution in [0.1, 0.15) is 36.9 Å². The van der Waals surface area contributed by atoms with Crippen LogP contribution in [-0.2, 0) is 11.2 Å². The van der Waals surface area contributed by atoms with Gasteiger partial charge in [0.05, 0.1) is 11.3 Å². The van der Waals surface area contributed by atoms with E-state index in [0.29, 0.717) is 5.03 Å². The summed E-state index contributed by atoms with van der Waals surface area (Å²) >= 11 is 1.29. The van der Waals surface area contributed by atoms with Crippen molar-refractivity contribution >= 4 is 17.7 Å². The van der Waals surface area contributed by atoms with Crippen molar-refractivity contribution in [2.75, 3.05) is 0 Å². The molecular formula is C18H20N2O2S. The first kappa shape index (κ1) is 15.9. The van der Waals surface area contributed by atoms with E-state index >= 15 is 0 Å². The lowest BCUT2D eigenvalue weighted by Gasteiger charge is -2.27. The van der Waals surface area contributed by atoms with E-state index in [-0.39, 0.29) is 17.2 Å². The molecule has 5 heteroatoms. The summed E-state index contributed by atoms with van der Waals surface area (Å²) in [6, 6.07) is 13.6. The molecule has 1 aliphatic carbocycles. The third kappa shape index (κ3) is 3.67. The second kappa shape index (κ2) is 7.04. The molecule has 1 heterocycles. The lowest BCUT2D eigenvalue weighted by atomic mass is 9.88. The molecule has 0 aliphatic heterocycles. The van der Waals surface area contributed by atoms with Crippen LogP contribution < -0.4 is 10.0 Å². The molecule has 1 aromatic heterocycles. The van der Waals surface area contributed by atoms with Crippen molar-refractivity contribution in [2.24, 2.45) is 0 Å². The number of aromatic nitrogens is 1. The summed E-state index contributed by atoms with van der Waals surface area (Å²) < 4.78 is 0.796. The highest BCUT2D eigenvalue weighted by atomic mass is 32.2. The molecule has 0 fully saturated rings. The maximum absolute atomic E-state index is 12.5. The van der Waals surface area contributed by atoms with Gasteiger partial charge in [0, 0.05) is 12.1 Å². The van der Waals surface area contributed by atoms with Crippen LogP contribution in [-0.4, -0.2) is 11.2 Å². The van der Waals surface area contributed by atoms with Crippen molar-refractivity contribution in [3.8, 4) is 0 Å². The van der Waals surface area contributed by atoms with Crippen LogP contribution in [0.5, 0.6) is 0 Å². The lowest BCUT2D eigenvalue weighted by Crippen LogP contribution is -2.37. The van der Waals surface area contributed by atoms with E-state index in [1.807, 2.05) is 19.1 Å². The van der Waals surface area contributed by atoms with Gasteiger partial charge in [-0.05, 0) is 55.1 Å². The summed E-state index contributed by atoms with van der Waals surface area (Å²) in [7, 11) is 0. The summed E-state index contributed by atoms with van der Waals surface area (Å²) in [5, 5.41) is 15.1. The summed E-state index contributed by atoms with van der Waals surface area (Å²) in [6.07, 6.45) is 4.58. The van der Waals surface area contributed by atoms with Gasteiger partial charge < -0.3 is 10.5 Å². The zero-order valence-electron chi connectivity index (χ0n) is 13.1. The Morgan fingerprint density at radius 1 is 1.30 bits per heavy atom. The quantitative estimate of drug-likeness (QED) is 0.533. The number of carbonyl (C=O) groups excluding carboxylic acids is 1. The molecule has 120 valence electrons. The van der Waals surface area contributed by atoms with Crippen molar-refractivity contribution in [2.45, 2.75) is 42.5 Å². The van der Waals surface area contributed by atoms with Gasteiger partial charge in [0.15, 0.2) is 6.20 Å². The standard InChI is InChI=1S/C18H20N2O2S/c1-13(23-17-11-4-5-12-20(17)22)18(21)19-16-10-6-8-14-7-2-3-9-15(14)16/h2-5,7,9,11-13,16H,6,8,10H2,1H3,(H,19,21)/t13-,16+/m0/s1. The number of hydrogen-bond donors (Lipinski definition) is 1. The number of hydrogen-bond acceptors (Lipinski definition) is 3. The van der Waals surface area contributed by atoms with Gasteiger partial charge in [-0.1, -0.05) is 24.3 Å². The summed E-state index contributed by atoms with van der Waals surface area (Å²) in [6.45, 7) is 1.84. The fraction of sp³-hybridized carbons (Fsp3) is 0.333. The normalized spacial score (nSPS) is 18.0. The molecule has 0 saturated heterocycles. The van der Waals surface area contributed by atoms with Crippen molar-refractivity contribution in [3.63, 3.8) is 0 Å². The number of fused-ring (bicyclic) bond motifs is 1. The minimum absolute atomic E-state index is 0.0273. The number of aryl methyl sites for hydroxylation is 1. The number of carbonyl (C=O) groups is 1. The molecule has 2 atom stereocenters. The van der Waals surface area contributed by atoms with E-state index < -0.39 is 0 Å². The average Bonchev–Trinajstić information content (AvgIpc) is 2.57. The lowest BCUT2D eigenvalue weighted by molar-refractivity contribution is -0.645. The molecule has 1 aromatic carbocycles. The zero-order chi connectivity index (χ0) is 16.2. The maximum atomic E-state index is 12.5. The maximum Gasteiger partial charge on any atom is 0.252 e. The van der Waals surface area contributed by atoms with Crippen LogP contribution >= 0.6 is 11.8 Å². The second-order valence-electron chi connectivity index (χ2n) is 5.78. The molecule has 0 unspecified atom stereocenters. The van der Waals surface area contributed by atoms with Gasteiger partial charge in [0.25, 0.3) is 5.03 Å². The van der Waals surface area contributed by atoms with E-state index in [1.165, 1.54) is 29.1 Å². The van der Waals surface area contributed by atoms with Gasteiger partial charge in [0.2, 0.25) is 5.91 Å². The van der Waals surface area contributed by atoms with Gasteiger partial charge in [0.1, 0.15) is 0 Å². The Labute approximate surface area is 140 Å². The van der Waals surface area contributed by atoms with Crippen molar-refractivity contribution < 1.29 is 9.52 Å². The molecule has 3 rings (SSSR count). The highest BCUT2D eigenvalue weighted by molar-refractivity contribution is 8.00. The average molecular weight is 328 g/mol. The number of nitrogens with zero attached hydrogens (tertiary/aromatic N) is 1. The molecule has 0 spiro atoms. The Morgan fingerprint density at radius 2 is 2.09 bits per heavy atom. The first-order chi connectivity index (χ1) is 11.1. The van der Waals surface area contributed by atoms with E-state index in [9.17, 15) is 10.0 Å². The summed E-state index contributed by atoms with van der Waals surface area (Å²) in [5.41, 5.74) is 2.55. The van der Waals surface area contributed by atoms with Crippen molar-refractivity contribution in [1.29, 1.82) is 0 Å². The fourth-order valence-electron chi connectivity index (χ4n) is 2.93. The highest BCUT2D eigenvalue weighted by Gasteiger charge is 2.25. The smallest absolute Gasteiger partial charge is 0.252 e. The molecule has 0 saturated carbocycles. The highest BCUT2D eigenvalue weighted by Crippen LogP contribution is 2.30. The second-order valence-corrected chi connectivity index (χ2v) is 7.14. The first-order valence-electron chi connectivity index (χ1n) is 7.88. The topological polar surface area (TPSA) is 56.0 Å². The minimum atomic E-state index is -0.313. The summed E-state index contributed by atoms with van der Waals surface area (Å²) in [4.78, 5) is 12.5. The molecule has 2 aromatic rings. The van der Waals surface area contributed by atoms with Crippen molar-refractivity contribution in [3.05, 3.63) is 65.0 Å². The van der Waals surface area contributed by atoms with Gasteiger partial charge in [-0.2, -0.15) is 4.73 Å². The molecule has 1 amide bonds. The Kier molecular flexibility index (Phi) is 4.86. The monoisotopic (exact) mass is 328 g/mol. The van der Waals surface area contributed by atoms with Gasteiger partial charge in [-0.25, -0.2) is 0 Å². The third-order valence-electron chi connectivity index (χ3n) is 4.14. The van der Waals surface area contributed by atoms with Crippen LogP contribution in [0.15, 0.2) is 53.7 Å². The molecule has 23 heavy (non-hydrogen) atoms. The van der Waals surface area contributed by atoms with Crippen LogP contribution in [0, 0.1) is 5.21 Å². The van der Waals surface area contributed by atoms with Gasteiger partial charge in [-0.3, -0.25) is 4.79 Å². The Morgan fingerprint density at radius 3 is 2.91 bits per heavy atom. The van der Waals surface area contributed by atoms with E-state index in [0.717, 1.165) is 24.0 Å². The fourth-order valence-corrected chi connectivity index (χ4v) is 3.79.